The zero-order chi connectivity index (χ0) is 14.6. The molecule has 0 fully saturated rings. The van der Waals surface area contributed by atoms with E-state index < -0.39 is 0 Å². The Bertz CT molecular complexity index is 369. The third-order valence-corrected chi connectivity index (χ3v) is 3.07. The predicted molar refractivity (Wildman–Crippen MR) is 82.2 cm³/mol. The van der Waals surface area contributed by atoms with E-state index in [0.29, 0.717) is 26.1 Å². The Morgan fingerprint density at radius 2 is 1.70 bits per heavy atom. The summed E-state index contributed by atoms with van der Waals surface area (Å²) in [5, 5.41) is 6.28. The quantitative estimate of drug-likeness (QED) is 0.469. The van der Waals surface area contributed by atoms with E-state index >= 15 is 0 Å². The Morgan fingerprint density at radius 1 is 1.05 bits per heavy atom. The van der Waals surface area contributed by atoms with Crippen molar-refractivity contribution in [1.82, 2.24) is 10.6 Å². The number of hydrogen-bond acceptors (Lipinski definition) is 4. The van der Waals surface area contributed by atoms with Crippen molar-refractivity contribution in [1.29, 1.82) is 0 Å². The van der Waals surface area contributed by atoms with E-state index in [9.17, 15) is 4.79 Å². The molecule has 112 valence electrons. The van der Waals surface area contributed by atoms with Gasteiger partial charge in [0.15, 0.2) is 0 Å². The topological polar surface area (TPSA) is 93.2 Å². The van der Waals surface area contributed by atoms with Crippen LogP contribution in [0.3, 0.4) is 0 Å². The number of rotatable bonds is 10. The minimum atomic E-state index is 0.0284. The van der Waals surface area contributed by atoms with Crippen LogP contribution in [0.25, 0.3) is 0 Å². The van der Waals surface area contributed by atoms with E-state index in [1.165, 1.54) is 0 Å². The largest absolute Gasteiger partial charge is 0.356 e. The molecular weight excluding hydrogens is 252 g/mol. The summed E-state index contributed by atoms with van der Waals surface area (Å²) in [6.07, 6.45) is 2.14. The summed E-state index contributed by atoms with van der Waals surface area (Å²) in [6.45, 7) is 2.69. The average molecular weight is 278 g/mol. The van der Waals surface area contributed by atoms with Crippen LogP contribution in [-0.4, -0.2) is 32.1 Å². The number of carbonyl (C=O) groups is 1. The molecule has 5 nitrogen and oxygen atoms in total. The SMILES string of the molecule is NCCCNC(=O)CC(NCCCN)c1ccccc1. The first-order chi connectivity index (χ1) is 9.77. The Kier molecular flexibility index (Phi) is 8.62. The van der Waals surface area contributed by atoms with Gasteiger partial charge in [-0.05, 0) is 38.0 Å². The Balaban J connectivity index is 2.52. The maximum atomic E-state index is 11.9. The molecule has 0 aromatic heterocycles. The zero-order valence-electron chi connectivity index (χ0n) is 12.0. The van der Waals surface area contributed by atoms with Gasteiger partial charge in [0.25, 0.3) is 0 Å². The lowest BCUT2D eigenvalue weighted by molar-refractivity contribution is -0.121. The summed E-state index contributed by atoms with van der Waals surface area (Å²) in [5.41, 5.74) is 12.0. The number of amides is 1. The van der Waals surface area contributed by atoms with Crippen molar-refractivity contribution >= 4 is 5.91 Å². The van der Waals surface area contributed by atoms with Crippen molar-refractivity contribution in [3.05, 3.63) is 35.9 Å². The fraction of sp³-hybridized carbons (Fsp3) is 0.533. The summed E-state index contributed by atoms with van der Waals surface area (Å²) in [7, 11) is 0. The molecule has 0 aliphatic carbocycles. The van der Waals surface area contributed by atoms with Crippen LogP contribution in [0, 0.1) is 0 Å². The predicted octanol–water partition coefficient (Wildman–Crippen LogP) is 0.521. The number of carbonyl (C=O) groups excluding carboxylic acids is 1. The molecule has 0 spiro atoms. The van der Waals surface area contributed by atoms with Crippen LogP contribution in [0.2, 0.25) is 0 Å². The molecule has 0 bridgehead atoms. The lowest BCUT2D eigenvalue weighted by Crippen LogP contribution is -2.32. The normalized spacial score (nSPS) is 12.1. The molecule has 6 N–H and O–H groups in total. The van der Waals surface area contributed by atoms with Crippen LogP contribution in [0.15, 0.2) is 30.3 Å². The summed E-state index contributed by atoms with van der Waals surface area (Å²) in [4.78, 5) is 11.9. The highest BCUT2D eigenvalue weighted by Gasteiger charge is 2.14. The minimum Gasteiger partial charge on any atom is -0.356 e. The Hall–Kier alpha value is -1.43. The molecule has 1 unspecified atom stereocenters. The van der Waals surface area contributed by atoms with Gasteiger partial charge in [-0.2, -0.15) is 0 Å². The minimum absolute atomic E-state index is 0.0284. The molecular formula is C15H26N4O. The van der Waals surface area contributed by atoms with Crippen molar-refractivity contribution < 1.29 is 4.79 Å². The van der Waals surface area contributed by atoms with E-state index in [-0.39, 0.29) is 11.9 Å². The maximum Gasteiger partial charge on any atom is 0.221 e. The monoisotopic (exact) mass is 278 g/mol. The van der Waals surface area contributed by atoms with Crippen molar-refractivity contribution in [3.63, 3.8) is 0 Å². The smallest absolute Gasteiger partial charge is 0.221 e. The highest BCUT2D eigenvalue weighted by Crippen LogP contribution is 2.16. The van der Waals surface area contributed by atoms with Crippen LogP contribution in [0.4, 0.5) is 0 Å². The number of nitrogens with two attached hydrogens (primary N) is 2. The third-order valence-electron chi connectivity index (χ3n) is 3.07. The Morgan fingerprint density at radius 3 is 2.35 bits per heavy atom. The Labute approximate surface area is 121 Å². The third kappa shape index (κ3) is 6.65. The molecule has 5 heteroatoms. The van der Waals surface area contributed by atoms with Gasteiger partial charge in [0.05, 0.1) is 0 Å². The highest BCUT2D eigenvalue weighted by atomic mass is 16.1. The van der Waals surface area contributed by atoms with E-state index in [1.54, 1.807) is 0 Å². The molecule has 1 aromatic carbocycles. The number of hydrogen-bond donors (Lipinski definition) is 4. The second-order valence-electron chi connectivity index (χ2n) is 4.76. The molecule has 0 saturated carbocycles. The van der Waals surface area contributed by atoms with Gasteiger partial charge in [0.2, 0.25) is 5.91 Å². The molecule has 0 saturated heterocycles. The molecule has 1 amide bonds. The summed E-state index contributed by atoms with van der Waals surface area (Å²) < 4.78 is 0. The van der Waals surface area contributed by atoms with Crippen molar-refractivity contribution in [2.24, 2.45) is 11.5 Å². The lowest BCUT2D eigenvalue weighted by Gasteiger charge is -2.19. The second-order valence-corrected chi connectivity index (χ2v) is 4.76. The average Bonchev–Trinajstić information content (AvgIpc) is 2.47. The molecule has 0 radical (unpaired) electrons. The van der Waals surface area contributed by atoms with Crippen LogP contribution >= 0.6 is 0 Å². The zero-order valence-corrected chi connectivity index (χ0v) is 12.0. The molecule has 1 rings (SSSR count). The van der Waals surface area contributed by atoms with E-state index in [0.717, 1.165) is 24.9 Å². The summed E-state index contributed by atoms with van der Waals surface area (Å²) in [6, 6.07) is 10.0. The molecule has 0 aliphatic rings. The second kappa shape index (κ2) is 10.4. The molecule has 1 atom stereocenters. The van der Waals surface area contributed by atoms with Gasteiger partial charge in [0, 0.05) is 19.0 Å². The van der Waals surface area contributed by atoms with Crippen LogP contribution < -0.4 is 22.1 Å². The molecule has 0 heterocycles. The standard InChI is InChI=1S/C15H26N4O/c16-8-4-10-18-14(13-6-2-1-3-7-13)12-15(20)19-11-5-9-17/h1-3,6-7,14,18H,4-5,8-12,16-17H2,(H,19,20). The van der Waals surface area contributed by atoms with Crippen molar-refractivity contribution in [2.75, 3.05) is 26.2 Å². The maximum absolute atomic E-state index is 11.9. The summed E-state index contributed by atoms with van der Waals surface area (Å²) in [5.74, 6) is 0.0487. The lowest BCUT2D eigenvalue weighted by atomic mass is 10.0. The van der Waals surface area contributed by atoms with Gasteiger partial charge in [-0.25, -0.2) is 0 Å². The number of benzene rings is 1. The van der Waals surface area contributed by atoms with E-state index in [1.807, 2.05) is 30.3 Å². The number of nitrogens with one attached hydrogen (secondary N) is 2. The fourth-order valence-electron chi connectivity index (χ4n) is 1.96. The fourth-order valence-corrected chi connectivity index (χ4v) is 1.96. The van der Waals surface area contributed by atoms with Gasteiger partial charge >= 0.3 is 0 Å². The van der Waals surface area contributed by atoms with Gasteiger partial charge in [-0.1, -0.05) is 30.3 Å². The van der Waals surface area contributed by atoms with Gasteiger partial charge in [-0.15, -0.1) is 0 Å². The van der Waals surface area contributed by atoms with Gasteiger partial charge < -0.3 is 22.1 Å². The first-order valence-corrected chi connectivity index (χ1v) is 7.23. The van der Waals surface area contributed by atoms with Gasteiger partial charge in [-0.3, -0.25) is 4.79 Å². The van der Waals surface area contributed by atoms with Gasteiger partial charge in [0.1, 0.15) is 0 Å². The van der Waals surface area contributed by atoms with Crippen molar-refractivity contribution in [2.45, 2.75) is 25.3 Å². The summed E-state index contributed by atoms with van der Waals surface area (Å²) >= 11 is 0. The van der Waals surface area contributed by atoms with E-state index in [2.05, 4.69) is 10.6 Å². The first kappa shape index (κ1) is 16.6. The molecule has 20 heavy (non-hydrogen) atoms. The van der Waals surface area contributed by atoms with Crippen LogP contribution in [0.1, 0.15) is 30.9 Å². The highest BCUT2D eigenvalue weighted by molar-refractivity contribution is 5.76. The molecule has 1 aromatic rings. The first-order valence-electron chi connectivity index (χ1n) is 7.23. The van der Waals surface area contributed by atoms with Crippen molar-refractivity contribution in [3.8, 4) is 0 Å². The molecule has 0 aliphatic heterocycles. The van der Waals surface area contributed by atoms with Crippen LogP contribution in [-0.2, 0) is 4.79 Å². The van der Waals surface area contributed by atoms with Crippen LogP contribution in [0.5, 0.6) is 0 Å². The van der Waals surface area contributed by atoms with E-state index in [4.69, 9.17) is 11.5 Å².